The van der Waals surface area contributed by atoms with Crippen LogP contribution in [0.25, 0.3) is 0 Å². The molecule has 1 rings (SSSR count). The van der Waals surface area contributed by atoms with E-state index in [0.29, 0.717) is 0 Å². The molecule has 0 aromatic rings. The second kappa shape index (κ2) is 9.82. The first-order valence-corrected chi connectivity index (χ1v) is 8.74. The van der Waals surface area contributed by atoms with Crippen LogP contribution in [0.1, 0.15) is 64.7 Å². The van der Waals surface area contributed by atoms with E-state index in [1.165, 1.54) is 49.4 Å². The molecule has 0 unspecified atom stereocenters. The fraction of sp³-hybridized carbons (Fsp3) is 0.800. The summed E-state index contributed by atoms with van der Waals surface area (Å²) in [7, 11) is 0. The summed E-state index contributed by atoms with van der Waals surface area (Å²) >= 11 is 2.45. The van der Waals surface area contributed by atoms with Crippen LogP contribution in [-0.2, 0) is 9.53 Å². The number of cyclic esters (lactones) is 1. The summed E-state index contributed by atoms with van der Waals surface area (Å²) in [4.78, 5) is 11.4. The summed E-state index contributed by atoms with van der Waals surface area (Å²) in [5.74, 6) is -0.0960. The minimum Gasteiger partial charge on any atom is -0.455 e. The van der Waals surface area contributed by atoms with E-state index in [2.05, 4.69) is 22.6 Å². The molecule has 0 aromatic carbocycles. The maximum Gasteiger partial charge on any atom is 0.334 e. The number of unbranched alkanes of at least 4 members (excludes halogenated alkanes) is 7. The van der Waals surface area contributed by atoms with Gasteiger partial charge in [-0.2, -0.15) is 0 Å². The van der Waals surface area contributed by atoms with Gasteiger partial charge in [0.15, 0.2) is 0 Å². The van der Waals surface area contributed by atoms with Crippen molar-refractivity contribution in [2.24, 2.45) is 0 Å². The first-order chi connectivity index (χ1) is 8.74. The molecule has 1 heterocycles. The molecule has 0 amide bonds. The number of ether oxygens (including phenoxy) is 1. The molecule has 3 heteroatoms. The zero-order chi connectivity index (χ0) is 13.2. The Balaban J connectivity index is 1.90. The summed E-state index contributed by atoms with van der Waals surface area (Å²) in [6.45, 7) is 1.92. The molecule has 0 bridgehead atoms. The fourth-order valence-corrected chi connectivity index (χ4v) is 2.83. The highest BCUT2D eigenvalue weighted by Gasteiger charge is 2.20. The molecule has 18 heavy (non-hydrogen) atoms. The molecule has 1 aliphatic rings. The molecular formula is C15H25IO2. The van der Waals surface area contributed by atoms with Gasteiger partial charge in [-0.05, 0) is 36.7 Å². The standard InChI is InChI=1S/C15H25IO2/c1-13-12-14(15(17)18-13)10-8-6-4-2-3-5-7-9-11-16/h12-13H,2-11H2,1H3/t13-/m0/s1. The third-order valence-corrected chi connectivity index (χ3v) is 4.08. The molecule has 0 N–H and O–H groups in total. The summed E-state index contributed by atoms with van der Waals surface area (Å²) in [6, 6.07) is 0. The van der Waals surface area contributed by atoms with Gasteiger partial charge in [-0.15, -0.1) is 0 Å². The second-order valence-electron chi connectivity index (χ2n) is 5.07. The second-order valence-corrected chi connectivity index (χ2v) is 6.15. The number of alkyl halides is 1. The lowest BCUT2D eigenvalue weighted by molar-refractivity contribution is -0.139. The molecule has 0 fully saturated rings. The van der Waals surface area contributed by atoms with E-state index in [1.807, 2.05) is 13.0 Å². The maximum absolute atomic E-state index is 11.4. The van der Waals surface area contributed by atoms with Crippen LogP contribution in [0.2, 0.25) is 0 Å². The predicted molar refractivity (Wildman–Crippen MR) is 84.1 cm³/mol. The van der Waals surface area contributed by atoms with E-state index in [4.69, 9.17) is 4.74 Å². The molecular weight excluding hydrogens is 339 g/mol. The molecule has 0 saturated carbocycles. The number of carbonyl (C=O) groups excluding carboxylic acids is 1. The van der Waals surface area contributed by atoms with E-state index >= 15 is 0 Å². The van der Waals surface area contributed by atoms with Gasteiger partial charge in [-0.1, -0.05) is 61.1 Å². The molecule has 104 valence electrons. The largest absolute Gasteiger partial charge is 0.455 e. The van der Waals surface area contributed by atoms with E-state index < -0.39 is 0 Å². The Labute approximate surface area is 125 Å². The number of rotatable bonds is 10. The van der Waals surface area contributed by atoms with Gasteiger partial charge in [0.1, 0.15) is 6.10 Å². The van der Waals surface area contributed by atoms with Crippen LogP contribution in [-0.4, -0.2) is 16.5 Å². The number of carbonyl (C=O) groups is 1. The van der Waals surface area contributed by atoms with Gasteiger partial charge in [0.05, 0.1) is 0 Å². The van der Waals surface area contributed by atoms with Gasteiger partial charge in [0.25, 0.3) is 0 Å². The van der Waals surface area contributed by atoms with Crippen LogP contribution < -0.4 is 0 Å². The Bertz CT molecular complexity index is 274. The SMILES string of the molecule is C[C@H]1C=C(CCCCCCCCCCI)C(=O)O1. The van der Waals surface area contributed by atoms with Gasteiger partial charge < -0.3 is 4.74 Å². The minimum atomic E-state index is -0.0960. The fourth-order valence-electron chi connectivity index (χ4n) is 2.29. The van der Waals surface area contributed by atoms with E-state index in [0.717, 1.165) is 18.4 Å². The quantitative estimate of drug-likeness (QED) is 0.241. The summed E-state index contributed by atoms with van der Waals surface area (Å²) in [5, 5.41) is 0. The van der Waals surface area contributed by atoms with Crippen molar-refractivity contribution >= 4 is 28.6 Å². The lowest BCUT2D eigenvalue weighted by Crippen LogP contribution is -2.03. The van der Waals surface area contributed by atoms with Crippen molar-refractivity contribution in [3.63, 3.8) is 0 Å². The van der Waals surface area contributed by atoms with Gasteiger partial charge in [0.2, 0.25) is 0 Å². The minimum absolute atomic E-state index is 0.00888. The van der Waals surface area contributed by atoms with E-state index in [9.17, 15) is 4.79 Å². The monoisotopic (exact) mass is 364 g/mol. The summed E-state index contributed by atoms with van der Waals surface area (Å²) < 4.78 is 6.37. The zero-order valence-corrected chi connectivity index (χ0v) is 13.6. The summed E-state index contributed by atoms with van der Waals surface area (Å²) in [6.07, 6.45) is 13.4. The Hall–Kier alpha value is -0.0600. The van der Waals surface area contributed by atoms with E-state index in [-0.39, 0.29) is 12.1 Å². The maximum atomic E-state index is 11.4. The Morgan fingerprint density at radius 1 is 1.06 bits per heavy atom. The lowest BCUT2D eigenvalue weighted by Gasteiger charge is -2.02. The van der Waals surface area contributed by atoms with Crippen molar-refractivity contribution < 1.29 is 9.53 Å². The average molecular weight is 364 g/mol. The third-order valence-electron chi connectivity index (χ3n) is 3.32. The highest BCUT2D eigenvalue weighted by molar-refractivity contribution is 14.1. The zero-order valence-electron chi connectivity index (χ0n) is 11.4. The van der Waals surface area contributed by atoms with Crippen molar-refractivity contribution in [3.05, 3.63) is 11.6 Å². The molecule has 2 nitrogen and oxygen atoms in total. The Kier molecular flexibility index (Phi) is 8.72. The number of hydrogen-bond donors (Lipinski definition) is 0. The van der Waals surface area contributed by atoms with E-state index in [1.54, 1.807) is 0 Å². The number of esters is 1. The predicted octanol–water partition coefficient (Wildman–Crippen LogP) is 4.80. The van der Waals surface area contributed by atoms with Crippen LogP contribution in [0.5, 0.6) is 0 Å². The molecule has 0 radical (unpaired) electrons. The van der Waals surface area contributed by atoms with Gasteiger partial charge in [-0.25, -0.2) is 4.79 Å². The Morgan fingerprint density at radius 3 is 2.11 bits per heavy atom. The molecule has 0 spiro atoms. The average Bonchev–Trinajstić information content (AvgIpc) is 2.66. The molecule has 0 aliphatic carbocycles. The van der Waals surface area contributed by atoms with Gasteiger partial charge >= 0.3 is 5.97 Å². The molecule has 1 aliphatic heterocycles. The summed E-state index contributed by atoms with van der Waals surface area (Å²) in [5.41, 5.74) is 0.893. The van der Waals surface area contributed by atoms with Crippen LogP contribution in [0.4, 0.5) is 0 Å². The van der Waals surface area contributed by atoms with Crippen molar-refractivity contribution in [2.75, 3.05) is 4.43 Å². The van der Waals surface area contributed by atoms with Crippen LogP contribution >= 0.6 is 22.6 Å². The molecule has 1 atom stereocenters. The van der Waals surface area contributed by atoms with Crippen molar-refractivity contribution in [1.82, 2.24) is 0 Å². The Morgan fingerprint density at radius 2 is 1.61 bits per heavy atom. The normalized spacial score (nSPS) is 18.9. The third kappa shape index (κ3) is 6.76. The highest BCUT2D eigenvalue weighted by Crippen LogP contribution is 2.19. The molecule has 0 saturated heterocycles. The van der Waals surface area contributed by atoms with Crippen LogP contribution in [0, 0.1) is 0 Å². The van der Waals surface area contributed by atoms with Crippen molar-refractivity contribution in [1.29, 1.82) is 0 Å². The lowest BCUT2D eigenvalue weighted by atomic mass is 10.0. The van der Waals surface area contributed by atoms with Crippen molar-refractivity contribution in [3.8, 4) is 0 Å². The van der Waals surface area contributed by atoms with Crippen molar-refractivity contribution in [2.45, 2.75) is 70.8 Å². The first-order valence-electron chi connectivity index (χ1n) is 7.21. The molecule has 0 aromatic heterocycles. The first kappa shape index (κ1) is 16.0. The van der Waals surface area contributed by atoms with Crippen LogP contribution in [0.3, 0.4) is 0 Å². The highest BCUT2D eigenvalue weighted by atomic mass is 127. The topological polar surface area (TPSA) is 26.3 Å². The van der Waals surface area contributed by atoms with Gasteiger partial charge in [-0.3, -0.25) is 0 Å². The van der Waals surface area contributed by atoms with Crippen LogP contribution in [0.15, 0.2) is 11.6 Å². The smallest absolute Gasteiger partial charge is 0.334 e. The number of halogens is 1. The number of hydrogen-bond acceptors (Lipinski definition) is 2. The van der Waals surface area contributed by atoms with Gasteiger partial charge in [0, 0.05) is 5.57 Å².